The highest BCUT2D eigenvalue weighted by Gasteiger charge is 2.53. The van der Waals surface area contributed by atoms with E-state index in [1.54, 1.807) is 5.38 Å². The van der Waals surface area contributed by atoms with Gasteiger partial charge in [-0.15, -0.1) is 27.5 Å². The molecule has 196 valence electrons. The number of nitrogens with zero attached hydrogens (tertiary/aromatic N) is 6. The summed E-state index contributed by atoms with van der Waals surface area (Å²) in [6, 6.07) is -0.954. The number of aliphatic carboxylic acids is 1. The SMILES string of the molecule is CO/N=C(\C(=O)N[C@@H]1C(=O)N2C(C(=O)[O-])=C(Sc3nc([N+]4(C)CCCC4)ns3)CSC12)c1csc(N)n1. The minimum Gasteiger partial charge on any atom is -0.543 e. The van der Waals surface area contributed by atoms with Crippen LogP contribution >= 0.6 is 46.4 Å². The number of thioether (sulfide) groups is 2. The van der Waals surface area contributed by atoms with Gasteiger partial charge in [0.25, 0.3) is 11.8 Å². The van der Waals surface area contributed by atoms with Crippen molar-refractivity contribution in [2.45, 2.75) is 28.6 Å². The normalized spacial score (nSPS) is 23.0. The number of nitrogen functional groups attached to an aromatic ring is 1. The fraction of sp³-hybridized carbons (Fsp3) is 0.450. The summed E-state index contributed by atoms with van der Waals surface area (Å²) in [5.41, 5.74) is 5.51. The molecule has 2 amide bonds. The molecule has 2 aromatic heterocycles. The molecular formula is C20H22N8O5S4. The van der Waals surface area contributed by atoms with Crippen LogP contribution in [0.2, 0.25) is 0 Å². The zero-order valence-corrected chi connectivity index (χ0v) is 23.0. The van der Waals surface area contributed by atoms with Crippen LogP contribution in [0.15, 0.2) is 25.5 Å². The number of amides is 2. The van der Waals surface area contributed by atoms with Gasteiger partial charge in [-0.3, -0.25) is 19.0 Å². The van der Waals surface area contributed by atoms with E-state index < -0.39 is 29.2 Å². The van der Waals surface area contributed by atoms with Crippen LogP contribution in [-0.2, 0) is 19.2 Å². The molecule has 0 bridgehead atoms. The number of hydrogen-bond donors (Lipinski definition) is 2. The number of nitrogens with one attached hydrogen (secondary N) is 1. The highest BCUT2D eigenvalue weighted by Crippen LogP contribution is 2.45. The lowest BCUT2D eigenvalue weighted by Gasteiger charge is -2.50. The molecule has 5 heterocycles. The molecule has 2 atom stereocenters. The second-order valence-electron chi connectivity index (χ2n) is 8.63. The number of quaternary nitrogens is 1. The summed E-state index contributed by atoms with van der Waals surface area (Å²) in [4.78, 5) is 53.0. The van der Waals surface area contributed by atoms with Crippen LogP contribution in [0.4, 0.5) is 11.1 Å². The van der Waals surface area contributed by atoms with Gasteiger partial charge in [0.15, 0.2) is 15.2 Å². The lowest BCUT2D eigenvalue weighted by Crippen LogP contribution is -2.71. The predicted molar refractivity (Wildman–Crippen MR) is 140 cm³/mol. The summed E-state index contributed by atoms with van der Waals surface area (Å²) in [5, 5.41) is 19.6. The van der Waals surface area contributed by atoms with Crippen molar-refractivity contribution in [1.82, 2.24) is 29.0 Å². The Balaban J connectivity index is 1.32. The Kier molecular flexibility index (Phi) is 7.14. The van der Waals surface area contributed by atoms with Crippen molar-refractivity contribution in [1.29, 1.82) is 0 Å². The summed E-state index contributed by atoms with van der Waals surface area (Å²) in [5.74, 6) is -1.69. The molecule has 3 aliphatic rings. The van der Waals surface area contributed by atoms with Crippen LogP contribution < -0.4 is 20.6 Å². The fourth-order valence-electron chi connectivity index (χ4n) is 4.36. The predicted octanol–water partition coefficient (Wildman–Crippen LogP) is -0.188. The van der Waals surface area contributed by atoms with E-state index in [4.69, 9.17) is 10.6 Å². The summed E-state index contributed by atoms with van der Waals surface area (Å²) >= 11 is 4.86. The molecule has 3 N–H and O–H groups in total. The summed E-state index contributed by atoms with van der Waals surface area (Å²) in [6.45, 7) is 1.93. The number of fused-ring (bicyclic) bond motifs is 1. The number of thiazole rings is 1. The maximum Gasteiger partial charge on any atom is 0.341 e. The molecule has 1 unspecified atom stereocenters. The topological polar surface area (TPSA) is 176 Å². The third-order valence-corrected chi connectivity index (χ3v) is 10.2. The highest BCUT2D eigenvalue weighted by atomic mass is 32.2. The van der Waals surface area contributed by atoms with E-state index in [1.807, 2.05) is 0 Å². The molecule has 37 heavy (non-hydrogen) atoms. The highest BCUT2D eigenvalue weighted by molar-refractivity contribution is 8.07. The molecule has 0 radical (unpaired) electrons. The van der Waals surface area contributed by atoms with Gasteiger partial charge in [0, 0.05) is 28.9 Å². The average Bonchev–Trinajstić information content (AvgIpc) is 3.62. The van der Waals surface area contributed by atoms with Crippen molar-refractivity contribution in [2.24, 2.45) is 5.16 Å². The molecule has 0 saturated carbocycles. The van der Waals surface area contributed by atoms with Crippen LogP contribution in [-0.4, -0.2) is 87.2 Å². The number of oxime groups is 1. The second-order valence-corrected chi connectivity index (χ2v) is 12.7. The van der Waals surface area contributed by atoms with E-state index >= 15 is 0 Å². The fourth-order valence-corrected chi connectivity index (χ4v) is 8.24. The van der Waals surface area contributed by atoms with E-state index in [1.165, 1.54) is 42.2 Å². The quantitative estimate of drug-likeness (QED) is 0.183. The number of carboxylic acids is 1. The molecule has 0 aromatic carbocycles. The Bertz CT molecular complexity index is 1320. The molecule has 3 aliphatic heterocycles. The van der Waals surface area contributed by atoms with Crippen molar-refractivity contribution < 1.29 is 24.3 Å². The minimum atomic E-state index is -1.46. The first-order valence-corrected chi connectivity index (χ1v) is 14.6. The van der Waals surface area contributed by atoms with Gasteiger partial charge >= 0.3 is 5.95 Å². The molecule has 2 fully saturated rings. The number of carboxylic acid groups (broad SMARTS) is 1. The van der Waals surface area contributed by atoms with Crippen molar-refractivity contribution >= 4 is 81.0 Å². The first-order valence-electron chi connectivity index (χ1n) is 11.1. The number of hydrogen-bond acceptors (Lipinski definition) is 14. The molecule has 17 heteroatoms. The van der Waals surface area contributed by atoms with Gasteiger partial charge in [0.05, 0.1) is 31.8 Å². The number of β-lactam (4-membered cyclic amide) rings is 1. The molecule has 5 rings (SSSR count). The van der Waals surface area contributed by atoms with Crippen LogP contribution in [0.25, 0.3) is 0 Å². The Labute approximate surface area is 227 Å². The van der Waals surface area contributed by atoms with E-state index in [9.17, 15) is 19.5 Å². The third kappa shape index (κ3) is 4.81. The largest absolute Gasteiger partial charge is 0.543 e. The second kappa shape index (κ2) is 10.2. The number of carbonyl (C=O) groups is 3. The van der Waals surface area contributed by atoms with Crippen LogP contribution in [0.5, 0.6) is 0 Å². The Morgan fingerprint density at radius 1 is 1.35 bits per heavy atom. The van der Waals surface area contributed by atoms with Gasteiger partial charge in [0.1, 0.15) is 24.2 Å². The lowest BCUT2D eigenvalue weighted by molar-refractivity contribution is -0.301. The van der Waals surface area contributed by atoms with E-state index in [-0.39, 0.29) is 22.2 Å². The smallest absolute Gasteiger partial charge is 0.341 e. The summed E-state index contributed by atoms with van der Waals surface area (Å²) in [6.07, 6.45) is 2.23. The Morgan fingerprint density at radius 3 is 2.76 bits per heavy atom. The van der Waals surface area contributed by atoms with Crippen LogP contribution in [0.1, 0.15) is 18.5 Å². The van der Waals surface area contributed by atoms with Gasteiger partial charge in [-0.05, 0) is 11.5 Å². The molecular weight excluding hydrogens is 561 g/mol. The number of likely N-dealkylation sites (tertiary alicyclic amines) is 1. The first-order chi connectivity index (χ1) is 17.7. The number of nitrogens with two attached hydrogens (primary N) is 1. The van der Waals surface area contributed by atoms with Gasteiger partial charge in [-0.25, -0.2) is 4.98 Å². The third-order valence-electron chi connectivity index (χ3n) is 6.22. The standard InChI is InChI=1S/C20H22N8O5S4/c1-28(5-3-4-6-28)19-24-20(37-26-19)36-10-8-34-16-12(15(30)27(16)13(10)17(31)32)23-14(29)11(25-33-2)9-7-35-18(21)22-9/h7,12,16H,3-6,8H2,1-2H3,(H3-,21,22,23,29,31,32)/b25-11-/t12-,16?/m1/s1. The lowest BCUT2D eigenvalue weighted by atomic mass is 10.0. The Hall–Kier alpha value is -2.73. The monoisotopic (exact) mass is 582 g/mol. The molecule has 13 nitrogen and oxygen atoms in total. The number of anilines is 1. The van der Waals surface area contributed by atoms with Gasteiger partial charge in [-0.1, -0.05) is 16.9 Å². The minimum absolute atomic E-state index is 0.143. The van der Waals surface area contributed by atoms with Gasteiger partial charge in [0.2, 0.25) is 0 Å². The molecule has 0 aliphatic carbocycles. The van der Waals surface area contributed by atoms with Gasteiger partial charge in [-0.2, -0.15) is 4.98 Å². The zero-order chi connectivity index (χ0) is 26.3. The van der Waals surface area contributed by atoms with E-state index in [0.717, 1.165) is 48.1 Å². The number of aromatic nitrogens is 3. The van der Waals surface area contributed by atoms with Crippen molar-refractivity contribution in [3.63, 3.8) is 0 Å². The van der Waals surface area contributed by atoms with Crippen molar-refractivity contribution in [3.8, 4) is 0 Å². The first kappa shape index (κ1) is 25.9. The summed E-state index contributed by atoms with van der Waals surface area (Å²) in [7, 11) is 3.37. The molecule has 2 aromatic rings. The maximum atomic E-state index is 13.0. The average molecular weight is 583 g/mol. The van der Waals surface area contributed by atoms with Crippen molar-refractivity contribution in [3.05, 3.63) is 21.7 Å². The van der Waals surface area contributed by atoms with Crippen molar-refractivity contribution in [2.75, 3.05) is 38.7 Å². The van der Waals surface area contributed by atoms with Gasteiger partial charge < -0.3 is 25.8 Å². The van der Waals surface area contributed by atoms with E-state index in [0.29, 0.717) is 19.5 Å². The molecule has 2 saturated heterocycles. The zero-order valence-electron chi connectivity index (χ0n) is 19.7. The van der Waals surface area contributed by atoms with Crippen LogP contribution in [0.3, 0.4) is 0 Å². The summed E-state index contributed by atoms with van der Waals surface area (Å²) < 4.78 is 5.77. The number of rotatable bonds is 8. The Morgan fingerprint density at radius 2 is 2.11 bits per heavy atom. The van der Waals surface area contributed by atoms with Crippen LogP contribution in [0, 0.1) is 0 Å². The molecule has 0 spiro atoms. The van der Waals surface area contributed by atoms with E-state index in [2.05, 4.69) is 31.9 Å². The number of carbonyl (C=O) groups excluding carboxylic acids is 3. The maximum absolute atomic E-state index is 13.0.